The molecule has 8 nitrogen and oxygen atoms in total. The minimum absolute atomic E-state index is 0.129. The lowest BCUT2D eigenvalue weighted by atomic mass is 9.96. The number of rotatable bonds is 3. The van der Waals surface area contributed by atoms with Gasteiger partial charge in [0.2, 0.25) is 0 Å². The van der Waals surface area contributed by atoms with Crippen LogP contribution in [0.2, 0.25) is 0 Å². The molecule has 0 spiro atoms. The number of likely N-dealkylation sites (tertiary alicyclic amines) is 2. The van der Waals surface area contributed by atoms with Crippen LogP contribution in [0.5, 0.6) is 0 Å². The molecule has 3 heterocycles. The average molecular weight is 420 g/mol. The van der Waals surface area contributed by atoms with Gasteiger partial charge in [0.25, 0.3) is 15.9 Å². The average Bonchev–Trinajstić information content (AvgIpc) is 3.34. The zero-order valence-corrected chi connectivity index (χ0v) is 17.2. The lowest BCUT2D eigenvalue weighted by Crippen LogP contribution is -2.43. The van der Waals surface area contributed by atoms with Gasteiger partial charge in [0, 0.05) is 31.7 Å². The molecule has 0 bridgehead atoms. The van der Waals surface area contributed by atoms with Crippen LogP contribution in [0.3, 0.4) is 0 Å². The van der Waals surface area contributed by atoms with Crippen LogP contribution in [0.1, 0.15) is 38.2 Å². The summed E-state index contributed by atoms with van der Waals surface area (Å²) in [5.41, 5.74) is 0.610. The first kappa shape index (κ1) is 19.9. The molecule has 0 aliphatic carbocycles. The van der Waals surface area contributed by atoms with Crippen LogP contribution in [-0.4, -0.2) is 68.2 Å². The summed E-state index contributed by atoms with van der Waals surface area (Å²) in [5.74, 6) is -0.333. The van der Waals surface area contributed by atoms with E-state index in [1.54, 1.807) is 36.1 Å². The van der Waals surface area contributed by atoms with Gasteiger partial charge in [0.05, 0.1) is 5.92 Å². The molecular weight excluding hydrogens is 394 g/mol. The van der Waals surface area contributed by atoms with Gasteiger partial charge in [0.15, 0.2) is 11.9 Å². The molecule has 0 saturated carbocycles. The summed E-state index contributed by atoms with van der Waals surface area (Å²) in [7, 11) is -3.66. The second kappa shape index (κ2) is 7.78. The van der Waals surface area contributed by atoms with E-state index in [0.29, 0.717) is 37.3 Å². The van der Waals surface area contributed by atoms with E-state index in [9.17, 15) is 18.0 Å². The van der Waals surface area contributed by atoms with Gasteiger partial charge in [-0.25, -0.2) is 0 Å². The lowest BCUT2D eigenvalue weighted by Gasteiger charge is -2.32. The number of amides is 1. The fourth-order valence-electron chi connectivity index (χ4n) is 4.16. The highest BCUT2D eigenvalue weighted by Gasteiger charge is 2.35. The topological polar surface area (TPSA) is 96.3 Å². The van der Waals surface area contributed by atoms with Gasteiger partial charge in [-0.15, -0.1) is 4.40 Å². The summed E-state index contributed by atoms with van der Waals surface area (Å²) in [6, 6.07) is 6.79. The molecule has 1 amide bonds. The summed E-state index contributed by atoms with van der Waals surface area (Å²) in [5, 5.41) is 0. The van der Waals surface area contributed by atoms with Crippen LogP contribution in [0.4, 0.5) is 0 Å². The Bertz CT molecular complexity index is 945. The van der Waals surface area contributed by atoms with E-state index in [-0.39, 0.29) is 22.7 Å². The number of sulfonamides is 1. The first-order chi connectivity index (χ1) is 13.9. The third-order valence-corrected chi connectivity index (χ3v) is 7.12. The second-order valence-electron chi connectivity index (χ2n) is 7.76. The smallest absolute Gasteiger partial charge is 0.309 e. The maximum absolute atomic E-state index is 12.5. The van der Waals surface area contributed by atoms with Crippen molar-refractivity contribution >= 4 is 27.7 Å². The molecule has 2 saturated heterocycles. The van der Waals surface area contributed by atoms with Crippen molar-refractivity contribution < 1.29 is 22.7 Å². The number of amidine groups is 1. The maximum Gasteiger partial charge on any atom is 0.309 e. The van der Waals surface area contributed by atoms with Crippen LogP contribution >= 0.6 is 0 Å². The van der Waals surface area contributed by atoms with Crippen LogP contribution in [-0.2, 0) is 24.3 Å². The second-order valence-corrected chi connectivity index (χ2v) is 9.33. The van der Waals surface area contributed by atoms with Gasteiger partial charge in [-0.1, -0.05) is 12.1 Å². The van der Waals surface area contributed by atoms with Crippen LogP contribution in [0, 0.1) is 5.92 Å². The fourth-order valence-corrected chi connectivity index (χ4v) is 5.39. The van der Waals surface area contributed by atoms with Crippen LogP contribution in [0.25, 0.3) is 0 Å². The fraction of sp³-hybridized carbons (Fsp3) is 0.550. The Kier molecular flexibility index (Phi) is 5.33. The molecular formula is C20H25N3O5S. The van der Waals surface area contributed by atoms with Crippen LogP contribution in [0.15, 0.2) is 33.6 Å². The molecule has 4 rings (SSSR count). The molecule has 2 fully saturated rings. The zero-order valence-electron chi connectivity index (χ0n) is 16.4. The molecule has 0 unspecified atom stereocenters. The van der Waals surface area contributed by atoms with Crippen molar-refractivity contribution in [3.8, 4) is 0 Å². The van der Waals surface area contributed by atoms with E-state index in [1.807, 2.05) is 4.90 Å². The molecule has 9 heteroatoms. The molecule has 1 aromatic rings. The SMILES string of the molecule is C[C@H](OC(=O)C1CCN(C2=NS(=O)(=O)c3ccccc32)CC1)C(=O)N1CCCC1. The van der Waals surface area contributed by atoms with Crippen molar-refractivity contribution in [1.29, 1.82) is 0 Å². The van der Waals surface area contributed by atoms with Gasteiger partial charge in [-0.3, -0.25) is 9.59 Å². The highest BCUT2D eigenvalue weighted by atomic mass is 32.2. The first-order valence-electron chi connectivity index (χ1n) is 10.1. The van der Waals surface area contributed by atoms with E-state index in [4.69, 9.17) is 4.74 Å². The van der Waals surface area contributed by atoms with E-state index < -0.39 is 16.1 Å². The number of nitrogens with zero attached hydrogens (tertiary/aromatic N) is 3. The molecule has 1 aromatic carbocycles. The molecule has 3 aliphatic rings. The maximum atomic E-state index is 12.5. The molecule has 0 N–H and O–H groups in total. The minimum atomic E-state index is -3.66. The van der Waals surface area contributed by atoms with E-state index in [1.165, 1.54) is 0 Å². The van der Waals surface area contributed by atoms with Gasteiger partial charge in [-0.05, 0) is 44.7 Å². The minimum Gasteiger partial charge on any atom is -0.452 e. The van der Waals surface area contributed by atoms with Crippen molar-refractivity contribution in [2.45, 2.75) is 43.6 Å². The summed E-state index contributed by atoms with van der Waals surface area (Å²) in [6.45, 7) is 4.10. The van der Waals surface area contributed by atoms with E-state index in [0.717, 1.165) is 25.9 Å². The normalized spacial score (nSPS) is 22.2. The third-order valence-electron chi connectivity index (χ3n) is 5.80. The standard InChI is InChI=1S/C20H25N3O5S/c1-14(19(24)23-10-4-5-11-23)28-20(25)15-8-12-22(13-9-15)18-16-6-2-3-7-17(16)29(26,27)21-18/h2-3,6-7,14-15H,4-5,8-13H2,1H3/t14-/m0/s1. The Labute approximate surface area is 170 Å². The summed E-state index contributed by atoms with van der Waals surface area (Å²) >= 11 is 0. The number of piperidine rings is 1. The van der Waals surface area contributed by atoms with Gasteiger partial charge >= 0.3 is 5.97 Å². The largest absolute Gasteiger partial charge is 0.452 e. The zero-order chi connectivity index (χ0) is 20.6. The Morgan fingerprint density at radius 1 is 1.10 bits per heavy atom. The number of esters is 1. The number of carbonyl (C=O) groups excluding carboxylic acids is 2. The summed E-state index contributed by atoms with van der Waals surface area (Å²) in [6.07, 6.45) is 2.28. The van der Waals surface area contributed by atoms with E-state index >= 15 is 0 Å². The van der Waals surface area contributed by atoms with Crippen molar-refractivity contribution in [3.05, 3.63) is 29.8 Å². The Balaban J connectivity index is 1.35. The van der Waals surface area contributed by atoms with Gasteiger partial charge < -0.3 is 14.5 Å². The lowest BCUT2D eigenvalue weighted by molar-refractivity contribution is -0.163. The van der Waals surface area contributed by atoms with Crippen molar-refractivity contribution in [3.63, 3.8) is 0 Å². The number of hydrogen-bond acceptors (Lipinski definition) is 6. The van der Waals surface area contributed by atoms with Gasteiger partial charge in [0.1, 0.15) is 4.90 Å². The Hall–Kier alpha value is -2.42. The highest BCUT2D eigenvalue weighted by molar-refractivity contribution is 7.90. The number of fused-ring (bicyclic) bond motifs is 1. The Morgan fingerprint density at radius 2 is 1.76 bits per heavy atom. The quantitative estimate of drug-likeness (QED) is 0.687. The van der Waals surface area contributed by atoms with E-state index in [2.05, 4.69) is 4.40 Å². The number of hydrogen-bond donors (Lipinski definition) is 0. The molecule has 0 radical (unpaired) electrons. The molecule has 156 valence electrons. The summed E-state index contributed by atoms with van der Waals surface area (Å²) in [4.78, 5) is 28.7. The highest BCUT2D eigenvalue weighted by Crippen LogP contribution is 2.30. The van der Waals surface area contributed by atoms with Gasteiger partial charge in [-0.2, -0.15) is 8.42 Å². The molecule has 29 heavy (non-hydrogen) atoms. The number of carbonyl (C=O) groups is 2. The Morgan fingerprint density at radius 3 is 2.45 bits per heavy atom. The van der Waals surface area contributed by atoms with Crippen molar-refractivity contribution in [2.24, 2.45) is 10.3 Å². The monoisotopic (exact) mass is 419 g/mol. The molecule has 0 aromatic heterocycles. The predicted octanol–water partition coefficient (Wildman–Crippen LogP) is 1.40. The molecule has 1 atom stereocenters. The first-order valence-corrected chi connectivity index (χ1v) is 11.5. The number of ether oxygens (including phenoxy) is 1. The van der Waals surface area contributed by atoms with Crippen molar-refractivity contribution in [2.75, 3.05) is 26.2 Å². The number of benzene rings is 1. The predicted molar refractivity (Wildman–Crippen MR) is 106 cm³/mol. The van der Waals surface area contributed by atoms with Crippen molar-refractivity contribution in [1.82, 2.24) is 9.80 Å². The summed E-state index contributed by atoms with van der Waals surface area (Å²) < 4.78 is 33.9. The third kappa shape index (κ3) is 3.88. The molecule has 3 aliphatic heterocycles. The van der Waals surface area contributed by atoms with Crippen LogP contribution < -0.4 is 0 Å².